The first-order valence-electron chi connectivity index (χ1n) is 6.09. The van der Waals surface area contributed by atoms with Crippen LogP contribution in [-0.4, -0.2) is 11.1 Å². The molecular weight excluding hydrogens is 246 g/mol. The highest BCUT2D eigenvalue weighted by atomic mass is 16.5. The van der Waals surface area contributed by atoms with Crippen molar-refractivity contribution in [1.29, 1.82) is 0 Å². The van der Waals surface area contributed by atoms with E-state index in [-0.39, 0.29) is 5.88 Å². The molecule has 19 heavy (non-hydrogen) atoms. The van der Waals surface area contributed by atoms with Gasteiger partial charge in [0, 0.05) is 0 Å². The van der Waals surface area contributed by atoms with Crippen molar-refractivity contribution in [3.63, 3.8) is 0 Å². The number of carboxylic acid groups (broad SMARTS) is 1. The molecule has 0 bridgehead atoms. The van der Waals surface area contributed by atoms with E-state index in [2.05, 4.69) is 5.43 Å². The number of hydrazine groups is 1. The molecule has 1 aliphatic rings. The summed E-state index contributed by atoms with van der Waals surface area (Å²) in [5, 5.41) is 8.79. The van der Waals surface area contributed by atoms with Gasteiger partial charge in [-0.25, -0.2) is 10.6 Å². The van der Waals surface area contributed by atoms with Crippen molar-refractivity contribution >= 4 is 5.97 Å². The molecule has 0 spiro atoms. The van der Waals surface area contributed by atoms with Crippen LogP contribution in [0.15, 0.2) is 35.8 Å². The molecule has 6 N–H and O–H groups in total. The van der Waals surface area contributed by atoms with E-state index in [1.165, 1.54) is 24.8 Å². The summed E-state index contributed by atoms with van der Waals surface area (Å²) >= 11 is 0. The average molecular weight is 263 g/mol. The van der Waals surface area contributed by atoms with Crippen LogP contribution < -0.4 is 21.7 Å². The van der Waals surface area contributed by atoms with Gasteiger partial charge in [-0.2, -0.15) is 0 Å². The largest absolute Gasteiger partial charge is 0.476 e. The van der Waals surface area contributed by atoms with Gasteiger partial charge in [-0.1, -0.05) is 18.6 Å². The van der Waals surface area contributed by atoms with Gasteiger partial charge in [0.15, 0.2) is 5.70 Å². The molecule has 102 valence electrons. The topological polar surface area (TPSA) is 111 Å². The molecule has 2 rings (SSSR count). The maximum atomic E-state index is 10.8. The van der Waals surface area contributed by atoms with E-state index in [1.807, 2.05) is 18.2 Å². The summed E-state index contributed by atoms with van der Waals surface area (Å²) in [7, 11) is 0. The van der Waals surface area contributed by atoms with E-state index < -0.39 is 11.7 Å². The molecule has 6 nitrogen and oxygen atoms in total. The van der Waals surface area contributed by atoms with Gasteiger partial charge in [-0.15, -0.1) is 0 Å². The SMILES string of the molecule is NN/C(Oc1cccc(C2CCC2)c1)=C(\N)C(=O)O. The molecule has 1 aromatic rings. The minimum absolute atomic E-state index is 0.168. The lowest BCUT2D eigenvalue weighted by molar-refractivity contribution is -0.132. The zero-order valence-electron chi connectivity index (χ0n) is 10.4. The Kier molecular flexibility index (Phi) is 3.91. The second kappa shape index (κ2) is 5.62. The maximum Gasteiger partial charge on any atom is 0.357 e. The van der Waals surface area contributed by atoms with E-state index in [1.54, 1.807) is 6.07 Å². The number of rotatable bonds is 5. The van der Waals surface area contributed by atoms with Crippen molar-refractivity contribution in [3.8, 4) is 5.75 Å². The Bertz CT molecular complexity index is 510. The molecule has 1 saturated carbocycles. The van der Waals surface area contributed by atoms with Crippen molar-refractivity contribution in [2.75, 3.05) is 0 Å². The van der Waals surface area contributed by atoms with Gasteiger partial charge in [-0.3, -0.25) is 5.43 Å². The summed E-state index contributed by atoms with van der Waals surface area (Å²) < 4.78 is 5.38. The van der Waals surface area contributed by atoms with Crippen molar-refractivity contribution in [1.82, 2.24) is 5.43 Å². The number of ether oxygens (including phenoxy) is 1. The minimum atomic E-state index is -1.29. The predicted octanol–water partition coefficient (Wildman–Crippen LogP) is 1.01. The van der Waals surface area contributed by atoms with E-state index in [4.69, 9.17) is 21.4 Å². The van der Waals surface area contributed by atoms with Gasteiger partial charge in [0.2, 0.25) is 5.88 Å². The molecule has 1 aromatic carbocycles. The third kappa shape index (κ3) is 2.97. The molecule has 0 amide bonds. The molecule has 0 heterocycles. The highest BCUT2D eigenvalue weighted by Gasteiger charge is 2.20. The normalized spacial score (nSPS) is 16.3. The average Bonchev–Trinajstić information content (AvgIpc) is 2.33. The number of benzene rings is 1. The van der Waals surface area contributed by atoms with Gasteiger partial charge in [0.05, 0.1) is 0 Å². The smallest absolute Gasteiger partial charge is 0.357 e. The van der Waals surface area contributed by atoms with Crippen LogP contribution in [0.3, 0.4) is 0 Å². The first kappa shape index (κ1) is 13.2. The predicted molar refractivity (Wildman–Crippen MR) is 69.8 cm³/mol. The molecule has 0 aliphatic heterocycles. The van der Waals surface area contributed by atoms with Gasteiger partial charge >= 0.3 is 5.97 Å². The van der Waals surface area contributed by atoms with E-state index >= 15 is 0 Å². The summed E-state index contributed by atoms with van der Waals surface area (Å²) in [6.45, 7) is 0. The standard InChI is InChI=1S/C13H17N3O3/c14-11(13(17)18)12(16-15)19-10-6-2-5-9(7-10)8-3-1-4-8/h2,5-8,16H,1,3-4,14-15H2,(H,17,18)/b12-11+. The number of nitrogens with two attached hydrogens (primary N) is 2. The van der Waals surface area contributed by atoms with Crippen LogP contribution in [0.5, 0.6) is 5.75 Å². The van der Waals surface area contributed by atoms with Gasteiger partial charge in [0.25, 0.3) is 0 Å². The summed E-state index contributed by atoms with van der Waals surface area (Å²) in [4.78, 5) is 10.8. The Morgan fingerprint density at radius 2 is 2.16 bits per heavy atom. The van der Waals surface area contributed by atoms with E-state index in [0.29, 0.717) is 11.7 Å². The monoisotopic (exact) mass is 263 g/mol. The van der Waals surface area contributed by atoms with Crippen molar-refractivity contribution in [2.45, 2.75) is 25.2 Å². The van der Waals surface area contributed by atoms with Gasteiger partial charge in [0.1, 0.15) is 5.75 Å². The van der Waals surface area contributed by atoms with Crippen LogP contribution in [-0.2, 0) is 4.79 Å². The lowest BCUT2D eigenvalue weighted by Gasteiger charge is -2.26. The minimum Gasteiger partial charge on any atom is -0.476 e. The fourth-order valence-corrected chi connectivity index (χ4v) is 1.95. The molecule has 0 radical (unpaired) electrons. The van der Waals surface area contributed by atoms with Gasteiger partial charge < -0.3 is 15.6 Å². The van der Waals surface area contributed by atoms with Crippen molar-refractivity contribution < 1.29 is 14.6 Å². The second-order valence-electron chi connectivity index (χ2n) is 4.49. The Hall–Kier alpha value is -2.21. The second-order valence-corrected chi connectivity index (χ2v) is 4.49. The first-order chi connectivity index (χ1) is 9.11. The van der Waals surface area contributed by atoms with Crippen LogP contribution in [0, 0.1) is 0 Å². The fourth-order valence-electron chi connectivity index (χ4n) is 1.95. The number of hydrogen-bond donors (Lipinski definition) is 4. The number of nitrogens with one attached hydrogen (secondary N) is 1. The highest BCUT2D eigenvalue weighted by Crippen LogP contribution is 2.37. The Morgan fingerprint density at radius 1 is 1.42 bits per heavy atom. The lowest BCUT2D eigenvalue weighted by atomic mass is 9.80. The van der Waals surface area contributed by atoms with Crippen LogP contribution in [0.25, 0.3) is 0 Å². The molecular formula is C13H17N3O3. The number of aliphatic carboxylic acids is 1. The van der Waals surface area contributed by atoms with Crippen LogP contribution in [0.2, 0.25) is 0 Å². The van der Waals surface area contributed by atoms with Crippen LogP contribution >= 0.6 is 0 Å². The third-order valence-corrected chi connectivity index (χ3v) is 3.26. The summed E-state index contributed by atoms with van der Waals surface area (Å²) in [5.41, 5.74) is 8.25. The van der Waals surface area contributed by atoms with Crippen LogP contribution in [0.1, 0.15) is 30.7 Å². The third-order valence-electron chi connectivity index (χ3n) is 3.26. The summed E-state index contributed by atoms with van der Waals surface area (Å²) in [6.07, 6.45) is 3.61. The highest BCUT2D eigenvalue weighted by molar-refractivity contribution is 5.85. The fraction of sp³-hybridized carbons (Fsp3) is 0.308. The van der Waals surface area contributed by atoms with Crippen molar-refractivity contribution in [2.24, 2.45) is 11.6 Å². The van der Waals surface area contributed by atoms with E-state index in [9.17, 15) is 4.79 Å². The molecule has 0 saturated heterocycles. The van der Waals surface area contributed by atoms with Crippen LogP contribution in [0.4, 0.5) is 0 Å². The number of carboxylic acids is 1. The Morgan fingerprint density at radius 3 is 2.68 bits per heavy atom. The van der Waals surface area contributed by atoms with E-state index in [0.717, 1.165) is 0 Å². The molecule has 6 heteroatoms. The zero-order valence-corrected chi connectivity index (χ0v) is 10.4. The maximum absolute atomic E-state index is 10.8. The number of carbonyl (C=O) groups is 1. The molecule has 0 unspecified atom stereocenters. The zero-order chi connectivity index (χ0) is 13.8. The lowest BCUT2D eigenvalue weighted by Crippen LogP contribution is -2.31. The quantitative estimate of drug-likeness (QED) is 0.273. The van der Waals surface area contributed by atoms with Crippen molar-refractivity contribution in [3.05, 3.63) is 41.4 Å². The molecule has 0 aromatic heterocycles. The molecule has 1 aliphatic carbocycles. The molecule has 1 fully saturated rings. The Labute approximate surface area is 111 Å². The summed E-state index contributed by atoms with van der Waals surface area (Å²) in [5.74, 6) is 4.84. The number of hydrogen-bond acceptors (Lipinski definition) is 5. The molecule has 0 atom stereocenters. The van der Waals surface area contributed by atoms with Gasteiger partial charge in [-0.05, 0) is 36.5 Å². The first-order valence-corrected chi connectivity index (χ1v) is 6.09. The Balaban J connectivity index is 2.17. The summed E-state index contributed by atoms with van der Waals surface area (Å²) in [6, 6.07) is 7.52.